The van der Waals surface area contributed by atoms with Crippen LogP contribution in [0.5, 0.6) is 0 Å². The van der Waals surface area contributed by atoms with E-state index in [4.69, 9.17) is 0 Å². The molecule has 0 aliphatic carbocycles. The molecule has 0 radical (unpaired) electrons. The molecule has 98 valence electrons. The highest BCUT2D eigenvalue weighted by Crippen LogP contribution is 2.09. The van der Waals surface area contributed by atoms with E-state index in [1.165, 1.54) is 17.7 Å². The van der Waals surface area contributed by atoms with E-state index in [0.29, 0.717) is 17.7 Å². The van der Waals surface area contributed by atoms with Gasteiger partial charge in [0, 0.05) is 12.1 Å². The lowest BCUT2D eigenvalue weighted by Gasteiger charge is -2.07. The molecule has 2 aromatic rings. The van der Waals surface area contributed by atoms with Gasteiger partial charge in [0.25, 0.3) is 5.91 Å². The quantitative estimate of drug-likeness (QED) is 0.897. The topological polar surface area (TPSA) is 29.1 Å². The molecule has 1 N–H and O–H groups in total. The Hall–Kier alpha value is -2.16. The van der Waals surface area contributed by atoms with Crippen molar-refractivity contribution in [3.8, 4) is 0 Å². The van der Waals surface area contributed by atoms with Crippen LogP contribution in [0.25, 0.3) is 0 Å². The summed E-state index contributed by atoms with van der Waals surface area (Å²) in [5, 5.41) is 2.82. The third-order valence-corrected chi connectivity index (χ3v) is 2.99. The molecule has 0 bridgehead atoms. The maximum atomic E-state index is 13.1. The zero-order valence-corrected chi connectivity index (χ0v) is 11.0. The summed E-state index contributed by atoms with van der Waals surface area (Å²) in [5.74, 6) is -0.487. The first-order chi connectivity index (χ1) is 9.06. The van der Waals surface area contributed by atoms with Crippen molar-refractivity contribution >= 4 is 5.91 Å². The number of carbonyl (C=O) groups is 1. The lowest BCUT2D eigenvalue weighted by atomic mass is 10.1. The predicted molar refractivity (Wildman–Crippen MR) is 73.5 cm³/mol. The minimum absolute atomic E-state index is 0.191. The molecule has 1 amide bonds. The van der Waals surface area contributed by atoms with Crippen molar-refractivity contribution in [1.82, 2.24) is 5.32 Å². The van der Waals surface area contributed by atoms with E-state index >= 15 is 0 Å². The normalized spacial score (nSPS) is 10.3. The number of carbonyl (C=O) groups excluding carboxylic acids is 1. The summed E-state index contributed by atoms with van der Waals surface area (Å²) in [6.45, 7) is 4.13. The Balaban J connectivity index is 2.01. The van der Waals surface area contributed by atoms with Crippen molar-refractivity contribution in [3.05, 3.63) is 70.5 Å². The lowest BCUT2D eigenvalue weighted by molar-refractivity contribution is 0.0951. The largest absolute Gasteiger partial charge is 0.348 e. The van der Waals surface area contributed by atoms with Crippen molar-refractivity contribution in [2.24, 2.45) is 0 Å². The number of aryl methyl sites for hydroxylation is 2. The van der Waals surface area contributed by atoms with E-state index in [1.807, 2.05) is 31.2 Å². The van der Waals surface area contributed by atoms with Crippen LogP contribution >= 0.6 is 0 Å². The predicted octanol–water partition coefficient (Wildman–Crippen LogP) is 3.37. The second-order valence-electron chi connectivity index (χ2n) is 4.63. The van der Waals surface area contributed by atoms with Crippen LogP contribution in [0.15, 0.2) is 42.5 Å². The highest BCUT2D eigenvalue weighted by atomic mass is 19.1. The van der Waals surface area contributed by atoms with Crippen LogP contribution < -0.4 is 5.32 Å². The first kappa shape index (κ1) is 13.3. The number of hydrogen-bond acceptors (Lipinski definition) is 1. The fraction of sp³-hybridized carbons (Fsp3) is 0.188. The molecule has 2 aromatic carbocycles. The van der Waals surface area contributed by atoms with Gasteiger partial charge in [-0.1, -0.05) is 29.8 Å². The van der Waals surface area contributed by atoms with Gasteiger partial charge < -0.3 is 5.32 Å². The van der Waals surface area contributed by atoms with Gasteiger partial charge in [-0.2, -0.15) is 0 Å². The maximum absolute atomic E-state index is 13.1. The third-order valence-electron chi connectivity index (χ3n) is 2.99. The molecule has 0 aromatic heterocycles. The second kappa shape index (κ2) is 5.65. The number of rotatable bonds is 3. The zero-order chi connectivity index (χ0) is 13.8. The molecule has 0 spiro atoms. The summed E-state index contributed by atoms with van der Waals surface area (Å²) in [4.78, 5) is 11.9. The molecule has 0 unspecified atom stereocenters. The summed E-state index contributed by atoms with van der Waals surface area (Å²) in [6.07, 6.45) is 0. The SMILES string of the molecule is Cc1ccc(CNC(=O)c2ccc(F)c(C)c2)cc1. The monoisotopic (exact) mass is 257 g/mol. The van der Waals surface area contributed by atoms with Gasteiger partial charge in [0.1, 0.15) is 5.82 Å². The molecular weight excluding hydrogens is 241 g/mol. The molecular formula is C16H16FNO. The standard InChI is InChI=1S/C16H16FNO/c1-11-3-5-13(6-4-11)10-18-16(19)14-7-8-15(17)12(2)9-14/h3-9H,10H2,1-2H3,(H,18,19). The maximum Gasteiger partial charge on any atom is 0.251 e. The van der Waals surface area contributed by atoms with E-state index < -0.39 is 0 Å². The van der Waals surface area contributed by atoms with Crippen LogP contribution in [-0.4, -0.2) is 5.91 Å². The molecule has 2 nitrogen and oxygen atoms in total. The van der Waals surface area contributed by atoms with E-state index in [1.54, 1.807) is 13.0 Å². The van der Waals surface area contributed by atoms with Gasteiger partial charge >= 0.3 is 0 Å². The van der Waals surface area contributed by atoms with E-state index in [-0.39, 0.29) is 11.7 Å². The summed E-state index contributed by atoms with van der Waals surface area (Å²) in [6, 6.07) is 12.3. The van der Waals surface area contributed by atoms with Gasteiger partial charge in [-0.25, -0.2) is 4.39 Å². The van der Waals surface area contributed by atoms with Gasteiger partial charge in [-0.15, -0.1) is 0 Å². The molecule has 0 aliphatic heterocycles. The minimum atomic E-state index is -0.296. The Labute approximate surface area is 112 Å². The first-order valence-electron chi connectivity index (χ1n) is 6.16. The Morgan fingerprint density at radius 3 is 2.42 bits per heavy atom. The van der Waals surface area contributed by atoms with Gasteiger partial charge in [0.15, 0.2) is 0 Å². The summed E-state index contributed by atoms with van der Waals surface area (Å²) in [5.41, 5.74) is 3.18. The molecule has 0 heterocycles. The molecule has 0 saturated heterocycles. The molecule has 3 heteroatoms. The fourth-order valence-corrected chi connectivity index (χ4v) is 1.78. The fourth-order valence-electron chi connectivity index (χ4n) is 1.78. The van der Waals surface area contributed by atoms with Crippen molar-refractivity contribution in [3.63, 3.8) is 0 Å². The number of amides is 1. The van der Waals surface area contributed by atoms with Gasteiger partial charge in [0.05, 0.1) is 0 Å². The number of hydrogen-bond donors (Lipinski definition) is 1. The lowest BCUT2D eigenvalue weighted by Crippen LogP contribution is -2.22. The van der Waals surface area contributed by atoms with Crippen molar-refractivity contribution < 1.29 is 9.18 Å². The number of nitrogens with one attached hydrogen (secondary N) is 1. The molecule has 19 heavy (non-hydrogen) atoms. The molecule has 0 atom stereocenters. The molecule has 0 saturated carbocycles. The summed E-state index contributed by atoms with van der Waals surface area (Å²) < 4.78 is 13.1. The number of halogens is 1. The molecule has 0 fully saturated rings. The van der Waals surface area contributed by atoms with Crippen LogP contribution in [0.2, 0.25) is 0 Å². The summed E-state index contributed by atoms with van der Waals surface area (Å²) in [7, 11) is 0. The van der Waals surface area contributed by atoms with E-state index in [0.717, 1.165) is 5.56 Å². The van der Waals surface area contributed by atoms with E-state index in [2.05, 4.69) is 5.32 Å². The van der Waals surface area contributed by atoms with Crippen LogP contribution in [-0.2, 0) is 6.54 Å². The van der Waals surface area contributed by atoms with Crippen LogP contribution in [0.3, 0.4) is 0 Å². The zero-order valence-electron chi connectivity index (χ0n) is 11.0. The minimum Gasteiger partial charge on any atom is -0.348 e. The van der Waals surface area contributed by atoms with Gasteiger partial charge in [-0.3, -0.25) is 4.79 Å². The Morgan fingerprint density at radius 1 is 1.11 bits per heavy atom. The average molecular weight is 257 g/mol. The van der Waals surface area contributed by atoms with E-state index in [9.17, 15) is 9.18 Å². The van der Waals surface area contributed by atoms with Crippen molar-refractivity contribution in [1.29, 1.82) is 0 Å². The van der Waals surface area contributed by atoms with Gasteiger partial charge in [0.2, 0.25) is 0 Å². The first-order valence-corrected chi connectivity index (χ1v) is 6.16. The Bertz CT molecular complexity index is 590. The molecule has 0 aliphatic rings. The smallest absolute Gasteiger partial charge is 0.251 e. The highest BCUT2D eigenvalue weighted by Gasteiger charge is 2.07. The highest BCUT2D eigenvalue weighted by molar-refractivity contribution is 5.94. The van der Waals surface area contributed by atoms with Crippen LogP contribution in [0.1, 0.15) is 27.0 Å². The van der Waals surface area contributed by atoms with Gasteiger partial charge in [-0.05, 0) is 43.2 Å². The molecule has 2 rings (SSSR count). The Kier molecular flexibility index (Phi) is 3.95. The number of benzene rings is 2. The van der Waals surface area contributed by atoms with Crippen LogP contribution in [0, 0.1) is 19.7 Å². The average Bonchev–Trinajstić information content (AvgIpc) is 2.41. The summed E-state index contributed by atoms with van der Waals surface area (Å²) >= 11 is 0. The van der Waals surface area contributed by atoms with Crippen molar-refractivity contribution in [2.45, 2.75) is 20.4 Å². The third kappa shape index (κ3) is 3.41. The Morgan fingerprint density at radius 2 is 1.79 bits per heavy atom. The second-order valence-corrected chi connectivity index (χ2v) is 4.63. The van der Waals surface area contributed by atoms with Crippen molar-refractivity contribution in [2.75, 3.05) is 0 Å². The van der Waals surface area contributed by atoms with Crippen LogP contribution in [0.4, 0.5) is 4.39 Å².